The van der Waals surface area contributed by atoms with E-state index in [1.54, 1.807) is 18.7 Å². The number of thioether (sulfide) groups is 1. The fourth-order valence-electron chi connectivity index (χ4n) is 2.55. The van der Waals surface area contributed by atoms with Gasteiger partial charge in [0.15, 0.2) is 6.10 Å². The van der Waals surface area contributed by atoms with E-state index in [-0.39, 0.29) is 5.91 Å². The molecule has 1 N–H and O–H groups in total. The molecule has 2 rings (SSSR count). The Bertz CT molecular complexity index is 764. The fourth-order valence-corrected chi connectivity index (χ4v) is 3.70. The lowest BCUT2D eigenvalue weighted by Gasteiger charge is -2.18. The van der Waals surface area contributed by atoms with E-state index in [0.717, 1.165) is 39.0 Å². The first kappa shape index (κ1) is 20.7. The number of hydrogen-bond donors (Lipinski definition) is 1. The number of benzene rings is 2. The summed E-state index contributed by atoms with van der Waals surface area (Å²) in [5, 5.41) is 3.72. The lowest BCUT2D eigenvalue weighted by molar-refractivity contribution is -0.127. The molecule has 0 aliphatic rings. The molecular formula is C21H26ClNO2S. The summed E-state index contributed by atoms with van der Waals surface area (Å²) in [4.78, 5) is 12.2. The molecular weight excluding hydrogens is 366 g/mol. The molecule has 140 valence electrons. The second kappa shape index (κ2) is 9.89. The van der Waals surface area contributed by atoms with Gasteiger partial charge in [-0.15, -0.1) is 0 Å². The monoisotopic (exact) mass is 391 g/mol. The number of aryl methyl sites for hydroxylation is 2. The van der Waals surface area contributed by atoms with E-state index >= 15 is 0 Å². The predicted octanol–water partition coefficient (Wildman–Crippen LogP) is 5.08. The van der Waals surface area contributed by atoms with Crippen molar-refractivity contribution >= 4 is 29.3 Å². The van der Waals surface area contributed by atoms with Crippen molar-refractivity contribution in [3.8, 4) is 5.75 Å². The summed E-state index contributed by atoms with van der Waals surface area (Å²) in [5.41, 5.74) is 4.49. The molecule has 0 fully saturated rings. The first-order valence-electron chi connectivity index (χ1n) is 8.72. The van der Waals surface area contributed by atoms with Crippen molar-refractivity contribution in [1.82, 2.24) is 5.32 Å². The van der Waals surface area contributed by atoms with Crippen molar-refractivity contribution in [1.29, 1.82) is 0 Å². The molecule has 0 aliphatic heterocycles. The fraction of sp³-hybridized carbons (Fsp3) is 0.381. The van der Waals surface area contributed by atoms with Gasteiger partial charge in [-0.05, 0) is 62.1 Å². The van der Waals surface area contributed by atoms with Crippen LogP contribution in [0.5, 0.6) is 5.75 Å². The molecule has 5 heteroatoms. The van der Waals surface area contributed by atoms with Gasteiger partial charge in [0.1, 0.15) is 5.75 Å². The van der Waals surface area contributed by atoms with Gasteiger partial charge in [-0.3, -0.25) is 4.79 Å². The van der Waals surface area contributed by atoms with Crippen LogP contribution in [0.15, 0.2) is 36.4 Å². The zero-order chi connectivity index (χ0) is 19.1. The Morgan fingerprint density at radius 1 is 1.23 bits per heavy atom. The van der Waals surface area contributed by atoms with Crippen molar-refractivity contribution in [2.45, 2.75) is 39.6 Å². The summed E-state index contributed by atoms with van der Waals surface area (Å²) in [6.45, 7) is 8.48. The Hall–Kier alpha value is -1.65. The largest absolute Gasteiger partial charge is 0.481 e. The first-order chi connectivity index (χ1) is 12.4. The normalized spacial score (nSPS) is 11.9. The quantitative estimate of drug-likeness (QED) is 0.637. The number of carbonyl (C=O) groups is 1. The highest BCUT2D eigenvalue weighted by Gasteiger charge is 2.16. The smallest absolute Gasteiger partial charge is 0.260 e. The van der Waals surface area contributed by atoms with E-state index in [9.17, 15) is 4.79 Å². The number of hydrogen-bond acceptors (Lipinski definition) is 3. The maximum Gasteiger partial charge on any atom is 0.260 e. The van der Waals surface area contributed by atoms with Gasteiger partial charge >= 0.3 is 0 Å². The summed E-state index contributed by atoms with van der Waals surface area (Å²) in [6.07, 6.45) is -0.525. The number of ether oxygens (including phenoxy) is 1. The van der Waals surface area contributed by atoms with Gasteiger partial charge in [-0.25, -0.2) is 0 Å². The first-order valence-corrected chi connectivity index (χ1v) is 10.2. The minimum atomic E-state index is -0.525. The minimum Gasteiger partial charge on any atom is -0.481 e. The van der Waals surface area contributed by atoms with E-state index in [0.29, 0.717) is 6.54 Å². The van der Waals surface area contributed by atoms with Crippen LogP contribution in [-0.2, 0) is 10.5 Å². The Morgan fingerprint density at radius 3 is 2.69 bits per heavy atom. The maximum absolute atomic E-state index is 12.2. The highest BCUT2D eigenvalue weighted by molar-refractivity contribution is 7.98. The van der Waals surface area contributed by atoms with Gasteiger partial charge in [0.05, 0.1) is 0 Å². The lowest BCUT2D eigenvalue weighted by Crippen LogP contribution is -2.37. The molecule has 0 aromatic heterocycles. The number of rotatable bonds is 8. The minimum absolute atomic E-state index is 0.0955. The zero-order valence-corrected chi connectivity index (χ0v) is 17.3. The molecule has 0 bridgehead atoms. The Kier molecular flexibility index (Phi) is 7.85. The van der Waals surface area contributed by atoms with Crippen molar-refractivity contribution in [2.75, 3.05) is 12.3 Å². The van der Waals surface area contributed by atoms with E-state index < -0.39 is 6.10 Å². The Morgan fingerprint density at radius 2 is 1.96 bits per heavy atom. The van der Waals surface area contributed by atoms with Gasteiger partial charge in [0.2, 0.25) is 0 Å². The van der Waals surface area contributed by atoms with Gasteiger partial charge in [0, 0.05) is 23.1 Å². The van der Waals surface area contributed by atoms with Crippen LogP contribution < -0.4 is 10.1 Å². The maximum atomic E-state index is 12.2. The van der Waals surface area contributed by atoms with E-state index in [4.69, 9.17) is 16.3 Å². The van der Waals surface area contributed by atoms with Gasteiger partial charge in [-0.1, -0.05) is 35.9 Å². The summed E-state index contributed by atoms with van der Waals surface area (Å²) in [5.74, 6) is 2.34. The molecule has 2 aromatic carbocycles. The SMILES string of the molecule is Cc1cc(C)c(C)c(O[C@H](C)C(=O)NCCSCc2ccccc2Cl)c1. The molecule has 0 aliphatic carbocycles. The average Bonchev–Trinajstić information content (AvgIpc) is 2.60. The third kappa shape index (κ3) is 5.96. The Balaban J connectivity index is 1.75. The highest BCUT2D eigenvalue weighted by atomic mass is 35.5. The van der Waals surface area contributed by atoms with Crippen LogP contribution in [0.2, 0.25) is 5.02 Å². The van der Waals surface area contributed by atoms with Crippen LogP contribution in [0.3, 0.4) is 0 Å². The zero-order valence-electron chi connectivity index (χ0n) is 15.8. The van der Waals surface area contributed by atoms with E-state index in [1.807, 2.05) is 44.2 Å². The third-order valence-corrected chi connectivity index (χ3v) is 5.57. The van der Waals surface area contributed by atoms with Crippen molar-refractivity contribution in [3.63, 3.8) is 0 Å². The van der Waals surface area contributed by atoms with E-state index in [2.05, 4.69) is 18.3 Å². The molecule has 2 aromatic rings. The molecule has 0 spiro atoms. The summed E-state index contributed by atoms with van der Waals surface area (Å²) < 4.78 is 5.87. The highest BCUT2D eigenvalue weighted by Crippen LogP contribution is 2.24. The van der Waals surface area contributed by atoms with Gasteiger partial charge in [0.25, 0.3) is 5.91 Å². The number of carbonyl (C=O) groups excluding carboxylic acids is 1. The second-order valence-electron chi connectivity index (χ2n) is 6.40. The van der Waals surface area contributed by atoms with Crippen LogP contribution in [0.25, 0.3) is 0 Å². The van der Waals surface area contributed by atoms with Gasteiger partial charge < -0.3 is 10.1 Å². The number of halogens is 1. The molecule has 0 saturated carbocycles. The standard InChI is InChI=1S/C21H26ClNO2S/c1-14-11-15(2)16(3)20(12-14)25-17(4)21(24)23-9-10-26-13-18-7-5-6-8-19(18)22/h5-8,11-12,17H,9-10,13H2,1-4H3,(H,23,24)/t17-/m1/s1. The molecule has 0 saturated heterocycles. The predicted molar refractivity (Wildman–Crippen MR) is 111 cm³/mol. The lowest BCUT2D eigenvalue weighted by atomic mass is 10.1. The summed E-state index contributed by atoms with van der Waals surface area (Å²) in [7, 11) is 0. The van der Waals surface area contributed by atoms with Crippen molar-refractivity contribution in [3.05, 3.63) is 63.7 Å². The summed E-state index contributed by atoms with van der Waals surface area (Å²) in [6, 6.07) is 11.9. The van der Waals surface area contributed by atoms with Crippen LogP contribution in [-0.4, -0.2) is 24.3 Å². The molecule has 26 heavy (non-hydrogen) atoms. The summed E-state index contributed by atoms with van der Waals surface area (Å²) >= 11 is 7.89. The molecule has 1 atom stereocenters. The van der Waals surface area contributed by atoms with Gasteiger partial charge in [-0.2, -0.15) is 11.8 Å². The third-order valence-electron chi connectivity index (χ3n) is 4.20. The number of nitrogens with one attached hydrogen (secondary N) is 1. The Labute approximate surface area is 165 Å². The van der Waals surface area contributed by atoms with Crippen molar-refractivity contribution in [2.24, 2.45) is 0 Å². The second-order valence-corrected chi connectivity index (χ2v) is 7.91. The molecule has 0 radical (unpaired) electrons. The molecule has 1 amide bonds. The molecule has 3 nitrogen and oxygen atoms in total. The van der Waals surface area contributed by atoms with E-state index in [1.165, 1.54) is 5.56 Å². The molecule has 0 unspecified atom stereocenters. The van der Waals surface area contributed by atoms with Crippen LogP contribution >= 0.6 is 23.4 Å². The topological polar surface area (TPSA) is 38.3 Å². The van der Waals surface area contributed by atoms with Crippen molar-refractivity contribution < 1.29 is 9.53 Å². The van der Waals surface area contributed by atoms with Crippen LogP contribution in [0.1, 0.15) is 29.2 Å². The number of amides is 1. The van der Waals surface area contributed by atoms with Crippen LogP contribution in [0, 0.1) is 20.8 Å². The average molecular weight is 392 g/mol. The molecule has 0 heterocycles. The van der Waals surface area contributed by atoms with Crippen LogP contribution in [0.4, 0.5) is 0 Å².